The molecule has 2 aromatic carbocycles. The summed E-state index contributed by atoms with van der Waals surface area (Å²) in [6.45, 7) is 11.3. The van der Waals surface area contributed by atoms with Crippen molar-refractivity contribution in [2.24, 2.45) is 0 Å². The second kappa shape index (κ2) is 12.3. The van der Waals surface area contributed by atoms with Crippen LogP contribution in [0.2, 0.25) is 0 Å². The Bertz CT molecular complexity index is 1410. The van der Waals surface area contributed by atoms with Crippen molar-refractivity contribution in [3.8, 4) is 11.1 Å². The number of benzene rings is 2. The van der Waals surface area contributed by atoms with Crippen molar-refractivity contribution in [2.45, 2.75) is 25.7 Å². The van der Waals surface area contributed by atoms with Crippen molar-refractivity contribution in [1.82, 2.24) is 15.1 Å². The van der Waals surface area contributed by atoms with Crippen molar-refractivity contribution in [1.29, 1.82) is 0 Å². The van der Waals surface area contributed by atoms with Gasteiger partial charge in [-0.05, 0) is 55.4 Å². The standard InChI is InChI=1S/C31H35F4N5O2/c1-20-14-26(31(33,34)35)25(17-36-20)30(41)37-28-16-23(5-7-29(28)40-9-8-38(3)18-21(40)2)24-15-22(4-6-27(24)32)19-39-10-12-42-13-11-39/h4-7,14-17,21,36H,1,8-13,18-19H2,2-3H3,(H,37,41)/t21-/m0/s1. The van der Waals surface area contributed by atoms with Gasteiger partial charge in [0.15, 0.2) is 0 Å². The molecule has 0 saturated carbocycles. The second-order valence-corrected chi connectivity index (χ2v) is 11.0. The lowest BCUT2D eigenvalue weighted by atomic mass is 9.99. The molecule has 3 aliphatic rings. The van der Waals surface area contributed by atoms with E-state index >= 15 is 4.39 Å². The van der Waals surface area contributed by atoms with E-state index in [1.54, 1.807) is 30.3 Å². The van der Waals surface area contributed by atoms with Crippen molar-refractivity contribution < 1.29 is 27.1 Å². The van der Waals surface area contributed by atoms with Gasteiger partial charge in [0.2, 0.25) is 0 Å². The number of morpholine rings is 1. The van der Waals surface area contributed by atoms with Crippen LogP contribution in [0.1, 0.15) is 12.5 Å². The van der Waals surface area contributed by atoms with Crippen LogP contribution in [0, 0.1) is 5.82 Å². The Morgan fingerprint density at radius 2 is 1.88 bits per heavy atom. The zero-order valence-corrected chi connectivity index (χ0v) is 23.7. The molecule has 1 atom stereocenters. The number of ether oxygens (including phenoxy) is 1. The topological polar surface area (TPSA) is 60.1 Å². The van der Waals surface area contributed by atoms with Crippen LogP contribution in [0.4, 0.5) is 28.9 Å². The summed E-state index contributed by atoms with van der Waals surface area (Å²) in [7, 11) is 2.02. The van der Waals surface area contributed by atoms with Crippen molar-refractivity contribution in [3.05, 3.63) is 83.5 Å². The number of nitrogens with one attached hydrogen (secondary N) is 2. The molecule has 5 rings (SSSR count). The molecule has 2 fully saturated rings. The number of allylic oxidation sites excluding steroid dienone is 1. The van der Waals surface area contributed by atoms with Gasteiger partial charge >= 0.3 is 6.18 Å². The van der Waals surface area contributed by atoms with E-state index in [2.05, 4.69) is 31.9 Å². The largest absolute Gasteiger partial charge is 0.417 e. The minimum Gasteiger partial charge on any atom is -0.379 e. The molecule has 0 unspecified atom stereocenters. The Morgan fingerprint density at radius 3 is 2.60 bits per heavy atom. The van der Waals surface area contributed by atoms with Gasteiger partial charge in [-0.3, -0.25) is 9.69 Å². The van der Waals surface area contributed by atoms with Crippen LogP contribution in [0.15, 0.2) is 72.1 Å². The molecule has 1 amide bonds. The smallest absolute Gasteiger partial charge is 0.379 e. The number of piperazine rings is 1. The van der Waals surface area contributed by atoms with Crippen LogP contribution >= 0.6 is 0 Å². The van der Waals surface area contributed by atoms with E-state index in [-0.39, 0.29) is 11.7 Å². The first-order valence-electron chi connectivity index (χ1n) is 13.9. The second-order valence-electron chi connectivity index (χ2n) is 11.0. The zero-order valence-electron chi connectivity index (χ0n) is 23.7. The highest BCUT2D eigenvalue weighted by atomic mass is 19.4. The predicted molar refractivity (Wildman–Crippen MR) is 155 cm³/mol. The third-order valence-electron chi connectivity index (χ3n) is 7.80. The first kappa shape index (κ1) is 29.8. The first-order chi connectivity index (χ1) is 20.0. The molecule has 0 radical (unpaired) electrons. The molecule has 0 bridgehead atoms. The van der Waals surface area contributed by atoms with Crippen molar-refractivity contribution >= 4 is 17.3 Å². The number of anilines is 2. The number of amides is 1. The molecule has 3 heterocycles. The number of carbonyl (C=O) groups is 1. The van der Waals surface area contributed by atoms with E-state index in [0.717, 1.165) is 44.0 Å². The fourth-order valence-electron chi connectivity index (χ4n) is 5.61. The summed E-state index contributed by atoms with van der Waals surface area (Å²) in [5.74, 6) is -1.36. The van der Waals surface area contributed by atoms with Gasteiger partial charge in [0.1, 0.15) is 5.82 Å². The number of dihydropyridines is 1. The lowest BCUT2D eigenvalue weighted by Gasteiger charge is -2.40. The van der Waals surface area contributed by atoms with E-state index < -0.39 is 29.0 Å². The van der Waals surface area contributed by atoms with Crippen molar-refractivity contribution in [2.75, 3.05) is 63.2 Å². The average Bonchev–Trinajstić information content (AvgIpc) is 2.94. The molecule has 3 aliphatic heterocycles. The SMILES string of the molecule is C=C1C=C(C(F)(F)F)C(C(=O)Nc2cc(-c3cc(CN4CCOCC4)ccc3F)ccc2N2CCN(C)C[C@@H]2C)=CN1. The Hall–Kier alpha value is -3.67. The molecule has 2 aromatic rings. The quantitative estimate of drug-likeness (QED) is 0.471. The summed E-state index contributed by atoms with van der Waals surface area (Å²) in [5.41, 5.74) is 1.12. The molecular formula is C31H35F4N5O2. The predicted octanol–water partition coefficient (Wildman–Crippen LogP) is 4.89. The van der Waals surface area contributed by atoms with Gasteiger partial charge in [-0.25, -0.2) is 4.39 Å². The number of hydrogen-bond donors (Lipinski definition) is 2. The molecular weight excluding hydrogens is 550 g/mol. The van der Waals surface area contributed by atoms with Crippen LogP contribution < -0.4 is 15.5 Å². The maximum atomic E-state index is 15.2. The summed E-state index contributed by atoms with van der Waals surface area (Å²) in [6.07, 6.45) is -2.93. The van der Waals surface area contributed by atoms with E-state index in [4.69, 9.17) is 4.74 Å². The highest BCUT2D eigenvalue weighted by Crippen LogP contribution is 2.38. The number of halogens is 4. The molecule has 224 valence electrons. The zero-order chi connectivity index (χ0) is 30.0. The van der Waals surface area contributed by atoms with Gasteiger partial charge in [-0.15, -0.1) is 0 Å². The van der Waals surface area contributed by atoms with E-state index in [0.29, 0.717) is 48.8 Å². The van der Waals surface area contributed by atoms with Crippen molar-refractivity contribution in [3.63, 3.8) is 0 Å². The average molecular weight is 586 g/mol. The molecule has 42 heavy (non-hydrogen) atoms. The number of nitrogens with zero attached hydrogens (tertiary/aromatic N) is 3. The van der Waals surface area contributed by atoms with Gasteiger partial charge in [-0.2, -0.15) is 13.2 Å². The molecule has 0 spiro atoms. The highest BCUT2D eigenvalue weighted by Gasteiger charge is 2.40. The maximum absolute atomic E-state index is 15.2. The molecule has 2 N–H and O–H groups in total. The molecule has 7 nitrogen and oxygen atoms in total. The summed E-state index contributed by atoms with van der Waals surface area (Å²) in [6, 6.07) is 10.3. The Morgan fingerprint density at radius 1 is 1.12 bits per heavy atom. The number of rotatable bonds is 6. The fraction of sp³-hybridized carbons (Fsp3) is 0.387. The van der Waals surface area contributed by atoms with E-state index in [1.165, 1.54) is 6.07 Å². The minimum absolute atomic E-state index is 0.0280. The van der Waals surface area contributed by atoms with Crippen LogP contribution in [-0.2, 0) is 16.1 Å². The van der Waals surface area contributed by atoms with Gasteiger partial charge in [0.05, 0.1) is 35.7 Å². The minimum atomic E-state index is -4.76. The van der Waals surface area contributed by atoms with Gasteiger partial charge < -0.3 is 25.2 Å². The third-order valence-corrected chi connectivity index (χ3v) is 7.80. The normalized spacial score (nSPS) is 20.6. The van der Waals surface area contributed by atoms with E-state index in [9.17, 15) is 18.0 Å². The van der Waals surface area contributed by atoms with Gasteiger partial charge in [0.25, 0.3) is 5.91 Å². The van der Waals surface area contributed by atoms with Gasteiger partial charge in [-0.1, -0.05) is 18.7 Å². The summed E-state index contributed by atoms with van der Waals surface area (Å²) < 4.78 is 62.1. The Kier molecular flexibility index (Phi) is 8.72. The summed E-state index contributed by atoms with van der Waals surface area (Å²) in [5, 5.41) is 5.32. The van der Waals surface area contributed by atoms with Crippen LogP contribution in [0.5, 0.6) is 0 Å². The molecule has 11 heteroatoms. The highest BCUT2D eigenvalue weighted by molar-refractivity contribution is 6.09. The van der Waals surface area contributed by atoms with E-state index in [1.807, 2.05) is 14.0 Å². The molecule has 2 saturated heterocycles. The van der Waals surface area contributed by atoms with Crippen LogP contribution in [-0.4, -0.2) is 80.9 Å². The fourth-order valence-corrected chi connectivity index (χ4v) is 5.61. The van der Waals surface area contributed by atoms with Crippen LogP contribution in [0.3, 0.4) is 0 Å². The van der Waals surface area contributed by atoms with Crippen LogP contribution in [0.25, 0.3) is 11.1 Å². The summed E-state index contributed by atoms with van der Waals surface area (Å²) >= 11 is 0. The number of likely N-dealkylation sites (N-methyl/N-ethyl adjacent to an activating group) is 1. The number of alkyl halides is 3. The lowest BCUT2D eigenvalue weighted by Crippen LogP contribution is -2.50. The lowest BCUT2D eigenvalue weighted by molar-refractivity contribution is -0.115. The number of hydrogen-bond acceptors (Lipinski definition) is 6. The number of carbonyl (C=O) groups excluding carboxylic acids is 1. The Balaban J connectivity index is 1.50. The molecule has 0 aliphatic carbocycles. The summed E-state index contributed by atoms with van der Waals surface area (Å²) in [4.78, 5) is 19.9. The third kappa shape index (κ3) is 6.69. The maximum Gasteiger partial charge on any atom is 0.417 e. The van der Waals surface area contributed by atoms with Gasteiger partial charge in [0, 0.05) is 62.8 Å². The first-order valence-corrected chi connectivity index (χ1v) is 13.9. The Labute approximate surface area is 243 Å². The molecule has 0 aromatic heterocycles. The monoisotopic (exact) mass is 585 g/mol.